The predicted octanol–water partition coefficient (Wildman–Crippen LogP) is 8.85. The standard InChI is InChI=1S/C32H66NO6P/c1-6-7-8-9-10-11-12-13-14-15-16-17-18-19-20-21-22-23-24-25-26-28-37-30-32(36-5)31-39-40(34,35)38-29-27-33(2,3)4/h21-22,32H,6-20,23-31H2,1-5H3/p+1/b22-21-/t32-/m1/s1. The molecular formula is C32H67NO6P+. The average Bonchev–Trinajstić information content (AvgIpc) is 2.90. The maximum Gasteiger partial charge on any atom is 0.472 e. The first-order valence-corrected chi connectivity index (χ1v) is 17.9. The summed E-state index contributed by atoms with van der Waals surface area (Å²) in [5, 5.41) is 0. The second kappa shape index (κ2) is 27.6. The summed E-state index contributed by atoms with van der Waals surface area (Å²) < 4.78 is 33.7. The Morgan fingerprint density at radius 3 is 1.62 bits per heavy atom. The number of methoxy groups -OCH3 is 1. The van der Waals surface area contributed by atoms with Gasteiger partial charge in [0, 0.05) is 13.7 Å². The van der Waals surface area contributed by atoms with Gasteiger partial charge < -0.3 is 18.9 Å². The van der Waals surface area contributed by atoms with Crippen molar-refractivity contribution in [2.75, 3.05) is 61.2 Å². The summed E-state index contributed by atoms with van der Waals surface area (Å²) in [5.74, 6) is 0. The van der Waals surface area contributed by atoms with Crippen LogP contribution in [0.15, 0.2) is 12.2 Å². The van der Waals surface area contributed by atoms with E-state index in [0.717, 1.165) is 19.3 Å². The lowest BCUT2D eigenvalue weighted by Gasteiger charge is -2.24. The van der Waals surface area contributed by atoms with Gasteiger partial charge in [-0.15, -0.1) is 0 Å². The van der Waals surface area contributed by atoms with Gasteiger partial charge in [0.15, 0.2) is 0 Å². The molecule has 0 saturated heterocycles. The van der Waals surface area contributed by atoms with Gasteiger partial charge in [-0.3, -0.25) is 9.05 Å². The molecule has 0 spiro atoms. The summed E-state index contributed by atoms with van der Waals surface area (Å²) in [4.78, 5) is 9.81. The maximum atomic E-state index is 12.0. The Kier molecular flexibility index (Phi) is 27.4. The highest BCUT2D eigenvalue weighted by molar-refractivity contribution is 7.47. The van der Waals surface area contributed by atoms with Crippen LogP contribution in [0.4, 0.5) is 0 Å². The molecule has 0 saturated carbocycles. The van der Waals surface area contributed by atoms with Crippen molar-refractivity contribution < 1.29 is 32.5 Å². The average molecular weight is 593 g/mol. The summed E-state index contributed by atoms with van der Waals surface area (Å²) in [6.07, 6.45) is 29.7. The highest BCUT2D eigenvalue weighted by Gasteiger charge is 2.24. The SMILES string of the molecule is CCCCCCCCCCCCCCCC/C=C\CCCCCOC[C@H](COP(=O)(O)OCC[N+](C)(C)C)OC. The van der Waals surface area contributed by atoms with Crippen molar-refractivity contribution in [3.05, 3.63) is 12.2 Å². The smallest absolute Gasteiger partial charge is 0.379 e. The van der Waals surface area contributed by atoms with Crippen molar-refractivity contribution in [2.24, 2.45) is 0 Å². The van der Waals surface area contributed by atoms with Crippen LogP contribution in [0.25, 0.3) is 0 Å². The van der Waals surface area contributed by atoms with E-state index in [4.69, 9.17) is 18.5 Å². The molecule has 0 aliphatic rings. The van der Waals surface area contributed by atoms with Crippen LogP contribution in [-0.4, -0.2) is 76.7 Å². The molecule has 0 aromatic heterocycles. The molecule has 40 heavy (non-hydrogen) atoms. The van der Waals surface area contributed by atoms with Gasteiger partial charge in [0.25, 0.3) is 0 Å². The Labute approximate surface area is 248 Å². The number of quaternary nitrogens is 1. The van der Waals surface area contributed by atoms with Crippen LogP contribution in [0.2, 0.25) is 0 Å². The molecule has 240 valence electrons. The van der Waals surface area contributed by atoms with E-state index in [1.807, 2.05) is 21.1 Å². The van der Waals surface area contributed by atoms with Gasteiger partial charge in [-0.05, 0) is 32.1 Å². The molecule has 2 atom stereocenters. The van der Waals surface area contributed by atoms with Crippen molar-refractivity contribution in [2.45, 2.75) is 135 Å². The molecule has 7 nitrogen and oxygen atoms in total. The first-order chi connectivity index (χ1) is 19.2. The fraction of sp³-hybridized carbons (Fsp3) is 0.938. The quantitative estimate of drug-likeness (QED) is 0.0375. The molecule has 0 aliphatic carbocycles. The van der Waals surface area contributed by atoms with E-state index in [0.29, 0.717) is 24.2 Å². The normalized spacial score (nSPS) is 14.7. The molecule has 0 aromatic carbocycles. The number of allylic oxidation sites excluding steroid dienone is 2. The summed E-state index contributed by atoms with van der Waals surface area (Å²) in [6, 6.07) is 0. The minimum absolute atomic E-state index is 0.0429. The van der Waals surface area contributed by atoms with E-state index >= 15 is 0 Å². The van der Waals surface area contributed by atoms with Gasteiger partial charge in [-0.2, -0.15) is 0 Å². The topological polar surface area (TPSA) is 74.2 Å². The molecule has 1 unspecified atom stereocenters. The third-order valence-electron chi connectivity index (χ3n) is 7.13. The number of nitrogens with zero attached hydrogens (tertiary/aromatic N) is 1. The molecule has 0 radical (unpaired) electrons. The zero-order chi connectivity index (χ0) is 29.8. The second-order valence-corrected chi connectivity index (χ2v) is 13.7. The van der Waals surface area contributed by atoms with E-state index in [-0.39, 0.29) is 13.2 Å². The Balaban J connectivity index is 3.47. The fourth-order valence-corrected chi connectivity index (χ4v) is 5.12. The number of phosphoric acid groups is 1. The van der Waals surface area contributed by atoms with Crippen LogP contribution in [0.3, 0.4) is 0 Å². The minimum atomic E-state index is -4.08. The zero-order valence-electron chi connectivity index (χ0n) is 27.1. The summed E-state index contributed by atoms with van der Waals surface area (Å²) in [6.45, 7) is 3.99. The number of ether oxygens (including phenoxy) is 2. The van der Waals surface area contributed by atoms with Crippen LogP contribution < -0.4 is 0 Å². The predicted molar refractivity (Wildman–Crippen MR) is 169 cm³/mol. The molecule has 0 bridgehead atoms. The van der Waals surface area contributed by atoms with Crippen LogP contribution >= 0.6 is 7.82 Å². The van der Waals surface area contributed by atoms with Gasteiger partial charge in [-0.25, -0.2) is 4.57 Å². The van der Waals surface area contributed by atoms with E-state index in [1.165, 1.54) is 103 Å². The molecule has 0 fully saturated rings. The fourth-order valence-electron chi connectivity index (χ4n) is 4.38. The zero-order valence-corrected chi connectivity index (χ0v) is 28.0. The molecule has 0 amide bonds. The van der Waals surface area contributed by atoms with E-state index in [9.17, 15) is 9.46 Å². The van der Waals surface area contributed by atoms with Crippen LogP contribution in [0.1, 0.15) is 129 Å². The van der Waals surface area contributed by atoms with E-state index < -0.39 is 13.9 Å². The first-order valence-electron chi connectivity index (χ1n) is 16.4. The van der Waals surface area contributed by atoms with Crippen molar-refractivity contribution >= 4 is 7.82 Å². The number of likely N-dealkylation sites (N-methyl/N-ethyl adjacent to an activating group) is 1. The third-order valence-corrected chi connectivity index (χ3v) is 8.11. The summed E-state index contributed by atoms with van der Waals surface area (Å²) in [7, 11) is 3.43. The van der Waals surface area contributed by atoms with Crippen LogP contribution in [0, 0.1) is 0 Å². The van der Waals surface area contributed by atoms with E-state index in [1.54, 1.807) is 7.11 Å². The number of rotatable bonds is 31. The lowest BCUT2D eigenvalue weighted by atomic mass is 10.0. The Bertz CT molecular complexity index is 611. The second-order valence-electron chi connectivity index (χ2n) is 12.2. The van der Waals surface area contributed by atoms with E-state index in [2.05, 4.69) is 19.1 Å². The third kappa shape index (κ3) is 30.7. The lowest BCUT2D eigenvalue weighted by molar-refractivity contribution is -0.870. The largest absolute Gasteiger partial charge is 0.472 e. The highest BCUT2D eigenvalue weighted by atomic mass is 31.2. The van der Waals surface area contributed by atoms with Crippen LogP contribution in [0.5, 0.6) is 0 Å². The van der Waals surface area contributed by atoms with Crippen molar-refractivity contribution in [3.8, 4) is 0 Å². The summed E-state index contributed by atoms with van der Waals surface area (Å²) >= 11 is 0. The molecule has 0 aliphatic heterocycles. The van der Waals surface area contributed by atoms with Crippen molar-refractivity contribution in [1.29, 1.82) is 0 Å². The number of hydrogen-bond acceptors (Lipinski definition) is 5. The minimum Gasteiger partial charge on any atom is -0.379 e. The number of hydrogen-bond donors (Lipinski definition) is 1. The van der Waals surface area contributed by atoms with Gasteiger partial charge in [0.2, 0.25) is 0 Å². The molecule has 1 N–H and O–H groups in total. The van der Waals surface area contributed by atoms with Crippen LogP contribution in [-0.2, 0) is 23.1 Å². The molecule has 8 heteroatoms. The van der Waals surface area contributed by atoms with Crippen molar-refractivity contribution in [3.63, 3.8) is 0 Å². The number of unbranched alkanes of at least 4 members (excludes halogenated alkanes) is 17. The molecule has 0 rings (SSSR count). The molecule has 0 aromatic rings. The lowest BCUT2D eigenvalue weighted by Crippen LogP contribution is -2.37. The molecule has 0 heterocycles. The number of phosphoric ester groups is 1. The van der Waals surface area contributed by atoms with Crippen molar-refractivity contribution in [1.82, 2.24) is 0 Å². The highest BCUT2D eigenvalue weighted by Crippen LogP contribution is 2.43. The van der Waals surface area contributed by atoms with Gasteiger partial charge in [-0.1, -0.05) is 109 Å². The monoisotopic (exact) mass is 592 g/mol. The van der Waals surface area contributed by atoms with Gasteiger partial charge in [0.05, 0.1) is 34.4 Å². The Morgan fingerprint density at radius 1 is 0.675 bits per heavy atom. The first kappa shape index (κ1) is 39.7. The molecular weight excluding hydrogens is 525 g/mol. The van der Waals surface area contributed by atoms with Gasteiger partial charge in [0.1, 0.15) is 19.3 Å². The Morgan fingerprint density at radius 2 is 1.15 bits per heavy atom. The van der Waals surface area contributed by atoms with Gasteiger partial charge >= 0.3 is 7.82 Å². The summed E-state index contributed by atoms with van der Waals surface area (Å²) in [5.41, 5.74) is 0. The maximum absolute atomic E-state index is 12.0. The Hall–Kier alpha value is -0.270.